The lowest BCUT2D eigenvalue weighted by Crippen LogP contribution is -2.45. The average Bonchev–Trinajstić information content (AvgIpc) is 2.77. The molecule has 32 heavy (non-hydrogen) atoms. The van der Waals surface area contributed by atoms with E-state index in [0.717, 1.165) is 18.6 Å². The van der Waals surface area contributed by atoms with Crippen LogP contribution in [0.1, 0.15) is 31.2 Å². The van der Waals surface area contributed by atoms with Gasteiger partial charge in [0, 0.05) is 19.1 Å². The van der Waals surface area contributed by atoms with Gasteiger partial charge in [-0.15, -0.1) is 0 Å². The summed E-state index contributed by atoms with van der Waals surface area (Å²) in [6.45, 7) is 1.90. The average molecular weight is 466 g/mol. The Morgan fingerprint density at radius 3 is 2.53 bits per heavy atom. The molecular weight excluding hydrogens is 440 g/mol. The monoisotopic (exact) mass is 465 g/mol. The molecule has 2 N–H and O–H groups in total. The van der Waals surface area contributed by atoms with E-state index in [1.54, 1.807) is 0 Å². The molecule has 10 heteroatoms. The van der Waals surface area contributed by atoms with Crippen LogP contribution in [0.4, 0.5) is 14.5 Å². The van der Waals surface area contributed by atoms with Gasteiger partial charge in [0.05, 0.1) is 10.6 Å². The standard InChI is InChI=1S/C22H25F2N3O4S/c1-15-14-17(9-10-18(15)23)32(30,31)27-13-5-4-6-16(27)11-12-25-21(28)22(29)26-20-8-3-2-7-19(20)24/h2-3,7-10,14,16H,4-6,11-13H2,1H3,(H,25,28)(H,26,29). The molecule has 0 aliphatic carbocycles. The second-order valence-electron chi connectivity index (χ2n) is 7.65. The van der Waals surface area contributed by atoms with Crippen molar-refractivity contribution in [3.05, 3.63) is 59.7 Å². The van der Waals surface area contributed by atoms with Gasteiger partial charge in [-0.2, -0.15) is 4.31 Å². The van der Waals surface area contributed by atoms with Gasteiger partial charge in [0.1, 0.15) is 11.6 Å². The Labute approximate surface area is 185 Å². The fourth-order valence-corrected chi connectivity index (χ4v) is 5.48. The molecule has 0 saturated carbocycles. The molecule has 1 unspecified atom stereocenters. The maximum absolute atomic E-state index is 13.6. The molecule has 1 aliphatic heterocycles. The Morgan fingerprint density at radius 1 is 1.06 bits per heavy atom. The summed E-state index contributed by atoms with van der Waals surface area (Å²) in [6.07, 6.45) is 2.45. The zero-order valence-corrected chi connectivity index (χ0v) is 18.4. The van der Waals surface area contributed by atoms with Crippen molar-refractivity contribution in [1.82, 2.24) is 9.62 Å². The number of halogens is 2. The first-order chi connectivity index (χ1) is 15.2. The van der Waals surface area contributed by atoms with Crippen LogP contribution in [0.25, 0.3) is 0 Å². The summed E-state index contributed by atoms with van der Waals surface area (Å²) in [5.41, 5.74) is 0.138. The molecule has 0 aromatic heterocycles. The lowest BCUT2D eigenvalue weighted by molar-refractivity contribution is -0.136. The molecule has 7 nitrogen and oxygen atoms in total. The van der Waals surface area contributed by atoms with Gasteiger partial charge < -0.3 is 10.6 Å². The zero-order valence-electron chi connectivity index (χ0n) is 17.6. The van der Waals surface area contributed by atoms with E-state index in [0.29, 0.717) is 25.8 Å². The molecular formula is C22H25F2N3O4S. The van der Waals surface area contributed by atoms with Crippen molar-refractivity contribution in [2.45, 2.75) is 43.5 Å². The van der Waals surface area contributed by atoms with Crippen molar-refractivity contribution in [3.8, 4) is 0 Å². The van der Waals surface area contributed by atoms with Gasteiger partial charge in [0.15, 0.2) is 0 Å². The number of carbonyl (C=O) groups is 2. The first-order valence-corrected chi connectivity index (χ1v) is 11.8. The normalized spacial score (nSPS) is 17.0. The van der Waals surface area contributed by atoms with Gasteiger partial charge >= 0.3 is 11.8 Å². The third-order valence-corrected chi connectivity index (χ3v) is 7.35. The molecule has 0 spiro atoms. The summed E-state index contributed by atoms with van der Waals surface area (Å²) < 4.78 is 54.8. The van der Waals surface area contributed by atoms with Crippen molar-refractivity contribution < 1.29 is 26.8 Å². The molecule has 0 bridgehead atoms. The maximum atomic E-state index is 13.6. The Balaban J connectivity index is 1.60. The van der Waals surface area contributed by atoms with E-state index in [4.69, 9.17) is 0 Å². The van der Waals surface area contributed by atoms with Crippen molar-refractivity contribution in [1.29, 1.82) is 0 Å². The van der Waals surface area contributed by atoms with Crippen molar-refractivity contribution >= 4 is 27.5 Å². The Kier molecular flexibility index (Phi) is 7.57. The van der Waals surface area contributed by atoms with E-state index in [1.807, 2.05) is 0 Å². The predicted molar refractivity (Wildman–Crippen MR) is 115 cm³/mol. The second-order valence-corrected chi connectivity index (χ2v) is 9.55. The maximum Gasteiger partial charge on any atom is 0.313 e. The third-order valence-electron chi connectivity index (χ3n) is 5.40. The number of sulfonamides is 1. The molecule has 172 valence electrons. The van der Waals surface area contributed by atoms with Crippen LogP contribution in [0.15, 0.2) is 47.4 Å². The largest absolute Gasteiger partial charge is 0.348 e. The summed E-state index contributed by atoms with van der Waals surface area (Å²) in [6, 6.07) is 8.81. The minimum atomic E-state index is -3.83. The molecule has 1 aliphatic rings. The molecule has 2 amide bonds. The SMILES string of the molecule is Cc1cc(S(=O)(=O)N2CCCCC2CCNC(=O)C(=O)Nc2ccccc2F)ccc1F. The van der Waals surface area contributed by atoms with Crippen LogP contribution in [0, 0.1) is 18.6 Å². The molecule has 3 rings (SSSR count). The van der Waals surface area contributed by atoms with Crippen LogP contribution in [0.3, 0.4) is 0 Å². The summed E-state index contributed by atoms with van der Waals surface area (Å²) in [7, 11) is -3.83. The number of carbonyl (C=O) groups excluding carboxylic acids is 2. The van der Waals surface area contributed by atoms with Crippen LogP contribution < -0.4 is 10.6 Å². The third kappa shape index (κ3) is 5.49. The minimum absolute atomic E-state index is 0.0246. The Hall–Kier alpha value is -2.85. The van der Waals surface area contributed by atoms with Crippen LogP contribution in [0.5, 0.6) is 0 Å². The molecule has 1 saturated heterocycles. The highest BCUT2D eigenvalue weighted by molar-refractivity contribution is 7.89. The summed E-state index contributed by atoms with van der Waals surface area (Å²) in [5.74, 6) is -3.08. The first-order valence-electron chi connectivity index (χ1n) is 10.3. The zero-order chi connectivity index (χ0) is 23.3. The number of aryl methyl sites for hydroxylation is 1. The Morgan fingerprint density at radius 2 is 1.81 bits per heavy atom. The molecule has 1 atom stereocenters. The van der Waals surface area contributed by atoms with Gasteiger partial charge in [0.25, 0.3) is 0 Å². The highest BCUT2D eigenvalue weighted by Crippen LogP contribution is 2.27. The van der Waals surface area contributed by atoms with Crippen molar-refractivity contribution in [3.63, 3.8) is 0 Å². The van der Waals surface area contributed by atoms with Gasteiger partial charge in [0.2, 0.25) is 10.0 Å². The van der Waals surface area contributed by atoms with Crippen molar-refractivity contribution in [2.75, 3.05) is 18.4 Å². The first kappa shape index (κ1) is 23.8. The summed E-state index contributed by atoms with van der Waals surface area (Å²) in [5, 5.41) is 4.65. The number of hydrogen-bond acceptors (Lipinski definition) is 4. The minimum Gasteiger partial charge on any atom is -0.348 e. The molecule has 1 fully saturated rings. The summed E-state index contributed by atoms with van der Waals surface area (Å²) in [4.78, 5) is 24.1. The van der Waals surface area contributed by atoms with E-state index < -0.39 is 33.5 Å². The Bertz CT molecular complexity index is 1110. The van der Waals surface area contributed by atoms with E-state index in [9.17, 15) is 26.8 Å². The fraction of sp³-hybridized carbons (Fsp3) is 0.364. The van der Waals surface area contributed by atoms with E-state index in [2.05, 4.69) is 10.6 Å². The number of rotatable bonds is 6. The van der Waals surface area contributed by atoms with E-state index in [-0.39, 0.29) is 28.7 Å². The lowest BCUT2D eigenvalue weighted by Gasteiger charge is -2.34. The highest BCUT2D eigenvalue weighted by atomic mass is 32.2. The molecule has 1 heterocycles. The number of hydrogen-bond donors (Lipinski definition) is 2. The number of nitrogens with one attached hydrogen (secondary N) is 2. The number of para-hydroxylation sites is 1. The van der Waals surface area contributed by atoms with E-state index >= 15 is 0 Å². The summed E-state index contributed by atoms with van der Waals surface area (Å²) >= 11 is 0. The number of benzene rings is 2. The van der Waals surface area contributed by atoms with Crippen LogP contribution in [-0.4, -0.2) is 43.7 Å². The smallest absolute Gasteiger partial charge is 0.313 e. The lowest BCUT2D eigenvalue weighted by atomic mass is 10.0. The highest BCUT2D eigenvalue weighted by Gasteiger charge is 2.33. The number of piperidine rings is 1. The van der Waals surface area contributed by atoms with Gasteiger partial charge in [-0.3, -0.25) is 9.59 Å². The molecule has 2 aromatic carbocycles. The number of nitrogens with zero attached hydrogens (tertiary/aromatic N) is 1. The van der Waals surface area contributed by atoms with Gasteiger partial charge in [-0.25, -0.2) is 17.2 Å². The number of anilines is 1. The van der Waals surface area contributed by atoms with Crippen LogP contribution >= 0.6 is 0 Å². The topological polar surface area (TPSA) is 95.6 Å². The molecule has 2 aromatic rings. The van der Waals surface area contributed by atoms with Crippen LogP contribution in [-0.2, 0) is 19.6 Å². The van der Waals surface area contributed by atoms with Gasteiger partial charge in [-0.05, 0) is 62.1 Å². The second kappa shape index (κ2) is 10.2. The number of amides is 2. The molecule has 0 radical (unpaired) electrons. The van der Waals surface area contributed by atoms with Gasteiger partial charge in [-0.1, -0.05) is 18.6 Å². The predicted octanol–water partition coefficient (Wildman–Crippen LogP) is 2.96. The van der Waals surface area contributed by atoms with E-state index in [1.165, 1.54) is 41.6 Å². The quantitative estimate of drug-likeness (QED) is 0.642. The van der Waals surface area contributed by atoms with Crippen molar-refractivity contribution in [2.24, 2.45) is 0 Å². The van der Waals surface area contributed by atoms with Crippen LogP contribution in [0.2, 0.25) is 0 Å². The fourth-order valence-electron chi connectivity index (χ4n) is 3.67.